The van der Waals surface area contributed by atoms with Crippen molar-refractivity contribution < 1.29 is 19.1 Å². The van der Waals surface area contributed by atoms with Crippen LogP contribution in [-0.2, 0) is 29.9 Å². The molecule has 0 radical (unpaired) electrons. The van der Waals surface area contributed by atoms with Crippen molar-refractivity contribution in [3.8, 4) is 0 Å². The molecule has 0 amide bonds. The van der Waals surface area contributed by atoms with Gasteiger partial charge in [0, 0.05) is 22.0 Å². The molecule has 0 saturated heterocycles. The molecule has 2 bridgehead atoms. The van der Waals surface area contributed by atoms with Gasteiger partial charge in [-0.15, -0.1) is 0 Å². The van der Waals surface area contributed by atoms with Crippen molar-refractivity contribution in [3.63, 3.8) is 0 Å². The Kier molecular flexibility index (Phi) is 7.00. The zero-order chi connectivity index (χ0) is 26.9. The fraction of sp³-hybridized carbons (Fsp3) is 0.353. The largest absolute Gasteiger partial charge is 0.462 e. The normalized spacial score (nSPS) is 22.3. The molecule has 4 nitrogen and oxygen atoms in total. The second-order valence-corrected chi connectivity index (χ2v) is 10.8. The average Bonchev–Trinajstić information content (AvgIpc) is 2.94. The molecule has 0 atom stereocenters. The maximum atomic E-state index is 12.0. The average molecular weight is 509 g/mol. The molecule has 4 aliphatic carbocycles. The van der Waals surface area contributed by atoms with Crippen LogP contribution >= 0.6 is 0 Å². The molecule has 0 N–H and O–H groups in total. The summed E-state index contributed by atoms with van der Waals surface area (Å²) in [6, 6.07) is 17.7. The van der Waals surface area contributed by atoms with Gasteiger partial charge in [-0.2, -0.15) is 0 Å². The van der Waals surface area contributed by atoms with Crippen LogP contribution < -0.4 is 0 Å². The van der Waals surface area contributed by atoms with Crippen LogP contribution in [0.5, 0.6) is 0 Å². The molecule has 2 aromatic rings. The molecular weight excluding hydrogens is 472 g/mol. The molecule has 0 saturated carbocycles. The lowest BCUT2D eigenvalue weighted by atomic mass is 9.44. The highest BCUT2D eigenvalue weighted by atomic mass is 16.5. The molecule has 4 aliphatic rings. The molecule has 0 aliphatic heterocycles. The van der Waals surface area contributed by atoms with E-state index in [1.807, 2.05) is 0 Å². The van der Waals surface area contributed by atoms with Crippen LogP contribution in [0.4, 0.5) is 0 Å². The van der Waals surface area contributed by atoms with E-state index in [4.69, 9.17) is 9.47 Å². The summed E-state index contributed by atoms with van der Waals surface area (Å²) >= 11 is 0. The fourth-order valence-corrected chi connectivity index (χ4v) is 6.94. The smallest absolute Gasteiger partial charge is 0.333 e. The van der Waals surface area contributed by atoms with Gasteiger partial charge in [0.05, 0.1) is 13.2 Å². The third kappa shape index (κ3) is 3.98. The molecule has 6 rings (SSSR count). The summed E-state index contributed by atoms with van der Waals surface area (Å²) in [4.78, 5) is 24.1. The number of carbonyl (C=O) groups excluding carboxylic acids is 2. The van der Waals surface area contributed by atoms with Crippen LogP contribution in [0, 0.1) is 0 Å². The first-order valence-corrected chi connectivity index (χ1v) is 13.6. The van der Waals surface area contributed by atoms with Gasteiger partial charge in [-0.3, -0.25) is 0 Å². The summed E-state index contributed by atoms with van der Waals surface area (Å²) in [5.74, 6) is -0.665. The van der Waals surface area contributed by atoms with Gasteiger partial charge in [-0.05, 0) is 80.2 Å². The topological polar surface area (TPSA) is 52.6 Å². The number of carbonyl (C=O) groups is 2. The van der Waals surface area contributed by atoms with E-state index < -0.39 is 0 Å². The number of hydrogen-bond donors (Lipinski definition) is 0. The van der Waals surface area contributed by atoms with Gasteiger partial charge in [-0.1, -0.05) is 79.4 Å². The van der Waals surface area contributed by atoms with Crippen molar-refractivity contribution >= 4 is 11.9 Å². The summed E-state index contributed by atoms with van der Waals surface area (Å²) in [5.41, 5.74) is 8.59. The first-order valence-electron chi connectivity index (χ1n) is 13.6. The number of rotatable bonds is 10. The predicted octanol–water partition coefficient (Wildman–Crippen LogP) is 7.03. The predicted molar refractivity (Wildman–Crippen MR) is 150 cm³/mol. The molecule has 38 heavy (non-hydrogen) atoms. The van der Waals surface area contributed by atoms with Crippen molar-refractivity contribution in [2.75, 3.05) is 13.2 Å². The number of ether oxygens (including phenoxy) is 2. The Hall–Kier alpha value is -3.66. The van der Waals surface area contributed by atoms with Gasteiger partial charge >= 0.3 is 11.9 Å². The first-order chi connectivity index (χ1) is 18.3. The molecule has 0 spiro atoms. The SMILES string of the molecule is C=C(C)C(=O)OCCCC12C3=C(CCC=C3)C(CCCOC(=O)C(=C)C)(c3ccccc31)c1ccccc12. The highest BCUT2D eigenvalue weighted by Gasteiger charge is 2.58. The van der Waals surface area contributed by atoms with E-state index in [-0.39, 0.29) is 22.8 Å². The number of esters is 2. The van der Waals surface area contributed by atoms with E-state index in [2.05, 4.69) is 73.8 Å². The summed E-state index contributed by atoms with van der Waals surface area (Å²) in [7, 11) is 0. The Morgan fingerprint density at radius 1 is 0.763 bits per heavy atom. The molecular formula is C34H36O4. The van der Waals surface area contributed by atoms with Gasteiger partial charge in [0.25, 0.3) is 0 Å². The quantitative estimate of drug-likeness (QED) is 0.196. The van der Waals surface area contributed by atoms with Crippen LogP contribution in [0.3, 0.4) is 0 Å². The lowest BCUT2D eigenvalue weighted by molar-refractivity contribution is -0.140. The third-order valence-corrected chi connectivity index (χ3v) is 8.39. The highest BCUT2D eigenvalue weighted by Crippen LogP contribution is 2.66. The van der Waals surface area contributed by atoms with E-state index in [1.54, 1.807) is 13.8 Å². The van der Waals surface area contributed by atoms with Gasteiger partial charge in [0.15, 0.2) is 0 Å². The number of benzene rings is 2. The Morgan fingerprint density at radius 3 is 1.68 bits per heavy atom. The highest BCUT2D eigenvalue weighted by molar-refractivity contribution is 5.87. The Bertz CT molecular complexity index is 1320. The van der Waals surface area contributed by atoms with Crippen molar-refractivity contribution in [3.05, 3.63) is 118 Å². The van der Waals surface area contributed by atoms with Gasteiger partial charge in [0.1, 0.15) is 0 Å². The summed E-state index contributed by atoms with van der Waals surface area (Å²) in [6.07, 6.45) is 9.89. The molecule has 196 valence electrons. The van der Waals surface area contributed by atoms with Gasteiger partial charge in [-0.25, -0.2) is 9.59 Å². The lowest BCUT2D eigenvalue weighted by Gasteiger charge is -2.58. The van der Waals surface area contributed by atoms with Crippen LogP contribution in [0.2, 0.25) is 0 Å². The van der Waals surface area contributed by atoms with Crippen molar-refractivity contribution in [2.45, 2.75) is 63.2 Å². The second kappa shape index (κ2) is 10.2. The van der Waals surface area contributed by atoms with Crippen LogP contribution in [0.25, 0.3) is 0 Å². The van der Waals surface area contributed by atoms with Crippen molar-refractivity contribution in [1.29, 1.82) is 0 Å². The standard InChI is InChI=1S/C34H36O4/c1-23(2)31(35)37-21-11-19-33-25-13-5-8-16-28(25)34(29-17-9-6-14-26(29)33,30-18-10-7-15-27(30)33)20-12-22-38-32(36)24(3)4/h5-9,13-17H,1,3,10-12,18-22H2,2,4H3. The minimum atomic E-state index is -0.334. The van der Waals surface area contributed by atoms with E-state index in [9.17, 15) is 9.59 Å². The molecule has 0 fully saturated rings. The molecule has 0 aromatic heterocycles. The monoisotopic (exact) mass is 508 g/mol. The minimum absolute atomic E-state index is 0.253. The lowest BCUT2D eigenvalue weighted by Crippen LogP contribution is -2.51. The number of allylic oxidation sites excluding steroid dienone is 4. The summed E-state index contributed by atoms with van der Waals surface area (Å²) in [6.45, 7) is 11.5. The summed E-state index contributed by atoms with van der Waals surface area (Å²) < 4.78 is 11.0. The van der Waals surface area contributed by atoms with E-state index in [0.29, 0.717) is 24.4 Å². The van der Waals surface area contributed by atoms with Gasteiger partial charge in [0.2, 0.25) is 0 Å². The van der Waals surface area contributed by atoms with E-state index in [1.165, 1.54) is 33.4 Å². The Morgan fingerprint density at radius 2 is 1.21 bits per heavy atom. The Labute approximate surface area is 225 Å². The van der Waals surface area contributed by atoms with Gasteiger partial charge < -0.3 is 9.47 Å². The van der Waals surface area contributed by atoms with E-state index >= 15 is 0 Å². The molecule has 0 heterocycles. The third-order valence-electron chi connectivity index (χ3n) is 8.39. The first kappa shape index (κ1) is 26.0. The second-order valence-electron chi connectivity index (χ2n) is 10.8. The zero-order valence-corrected chi connectivity index (χ0v) is 22.5. The van der Waals surface area contributed by atoms with Crippen LogP contribution in [-0.4, -0.2) is 25.2 Å². The molecule has 4 heteroatoms. The summed E-state index contributed by atoms with van der Waals surface area (Å²) in [5, 5.41) is 0. The Balaban J connectivity index is 1.58. The van der Waals surface area contributed by atoms with E-state index in [0.717, 1.165) is 38.5 Å². The molecule has 2 aromatic carbocycles. The van der Waals surface area contributed by atoms with Crippen LogP contribution in [0.15, 0.2) is 96.1 Å². The van der Waals surface area contributed by atoms with Crippen molar-refractivity contribution in [1.82, 2.24) is 0 Å². The fourth-order valence-electron chi connectivity index (χ4n) is 6.94. The minimum Gasteiger partial charge on any atom is -0.462 e. The number of hydrogen-bond acceptors (Lipinski definition) is 4. The maximum absolute atomic E-state index is 12.0. The maximum Gasteiger partial charge on any atom is 0.333 e. The van der Waals surface area contributed by atoms with Crippen molar-refractivity contribution in [2.24, 2.45) is 0 Å². The van der Waals surface area contributed by atoms with Crippen LogP contribution in [0.1, 0.15) is 74.6 Å². The molecule has 0 unspecified atom stereocenters. The zero-order valence-electron chi connectivity index (χ0n) is 22.5.